The summed E-state index contributed by atoms with van der Waals surface area (Å²) >= 11 is 3.53. The summed E-state index contributed by atoms with van der Waals surface area (Å²) in [4.78, 5) is 0. The molecule has 15 heavy (non-hydrogen) atoms. The molecule has 1 atom stereocenters. The standard InChI is InChI=1S/C12H12BrNO/c13-11-4-9-1-2-14-6-8(7-15)3-10(5-11)12(9)14/h1-2,4-5,8,15H,3,6-7H2. The van der Waals surface area contributed by atoms with E-state index in [-0.39, 0.29) is 6.61 Å². The molecule has 0 aliphatic carbocycles. The second-order valence-electron chi connectivity index (χ2n) is 4.22. The molecule has 1 aromatic heterocycles. The highest BCUT2D eigenvalue weighted by Crippen LogP contribution is 2.31. The molecule has 78 valence electrons. The SMILES string of the molecule is OCC1Cc2cc(Br)cc3ccn(c23)C1. The third kappa shape index (κ3) is 1.42. The van der Waals surface area contributed by atoms with E-state index in [1.54, 1.807) is 0 Å². The van der Waals surface area contributed by atoms with Crippen molar-refractivity contribution in [3.05, 3.63) is 34.4 Å². The van der Waals surface area contributed by atoms with Crippen molar-refractivity contribution in [1.29, 1.82) is 0 Å². The van der Waals surface area contributed by atoms with Gasteiger partial charge in [-0.1, -0.05) is 15.9 Å². The van der Waals surface area contributed by atoms with Crippen molar-refractivity contribution < 1.29 is 5.11 Å². The predicted octanol–water partition coefficient (Wildman–Crippen LogP) is 2.57. The van der Waals surface area contributed by atoms with Crippen LogP contribution in [0.25, 0.3) is 10.9 Å². The van der Waals surface area contributed by atoms with Crippen molar-refractivity contribution >= 4 is 26.8 Å². The van der Waals surface area contributed by atoms with Gasteiger partial charge in [0.2, 0.25) is 0 Å². The van der Waals surface area contributed by atoms with Crippen LogP contribution in [0.4, 0.5) is 0 Å². The van der Waals surface area contributed by atoms with Gasteiger partial charge in [0.05, 0.1) is 5.52 Å². The smallest absolute Gasteiger partial charge is 0.0513 e. The first-order chi connectivity index (χ1) is 7.28. The number of halogens is 1. The Balaban J connectivity index is 2.25. The third-order valence-corrected chi connectivity index (χ3v) is 3.58. The van der Waals surface area contributed by atoms with Crippen molar-refractivity contribution in [3.8, 4) is 0 Å². The monoisotopic (exact) mass is 265 g/mol. The number of hydrogen-bond donors (Lipinski definition) is 1. The Bertz CT molecular complexity index is 518. The van der Waals surface area contributed by atoms with Crippen molar-refractivity contribution in [3.63, 3.8) is 0 Å². The predicted molar refractivity (Wildman–Crippen MR) is 63.9 cm³/mol. The molecule has 2 heterocycles. The molecule has 0 bridgehead atoms. The number of nitrogens with zero attached hydrogens (tertiary/aromatic N) is 1. The van der Waals surface area contributed by atoms with Crippen molar-refractivity contribution in [2.45, 2.75) is 13.0 Å². The average molecular weight is 266 g/mol. The van der Waals surface area contributed by atoms with Gasteiger partial charge in [0.15, 0.2) is 0 Å². The van der Waals surface area contributed by atoms with Gasteiger partial charge in [-0.25, -0.2) is 0 Å². The van der Waals surface area contributed by atoms with Crippen LogP contribution in [0.2, 0.25) is 0 Å². The lowest BCUT2D eigenvalue weighted by molar-refractivity contribution is 0.208. The summed E-state index contributed by atoms with van der Waals surface area (Å²) in [6.45, 7) is 1.21. The molecule has 1 aliphatic heterocycles. The van der Waals surface area contributed by atoms with Gasteiger partial charge in [0.25, 0.3) is 0 Å². The molecule has 1 unspecified atom stereocenters. The van der Waals surface area contributed by atoms with Crippen LogP contribution in [0.15, 0.2) is 28.9 Å². The average Bonchev–Trinajstić information content (AvgIpc) is 2.62. The highest BCUT2D eigenvalue weighted by atomic mass is 79.9. The zero-order chi connectivity index (χ0) is 10.4. The lowest BCUT2D eigenvalue weighted by atomic mass is 9.95. The Morgan fingerprint density at radius 2 is 2.33 bits per heavy atom. The molecule has 1 aromatic carbocycles. The molecule has 0 radical (unpaired) electrons. The van der Waals surface area contributed by atoms with Crippen LogP contribution in [0.5, 0.6) is 0 Å². The molecule has 0 saturated heterocycles. The summed E-state index contributed by atoms with van der Waals surface area (Å²) in [7, 11) is 0. The lowest BCUT2D eigenvalue weighted by Crippen LogP contribution is -2.21. The van der Waals surface area contributed by atoms with Gasteiger partial charge in [-0.3, -0.25) is 0 Å². The topological polar surface area (TPSA) is 25.2 Å². The number of aromatic nitrogens is 1. The quantitative estimate of drug-likeness (QED) is 0.843. The highest BCUT2D eigenvalue weighted by molar-refractivity contribution is 9.10. The fourth-order valence-electron chi connectivity index (χ4n) is 2.48. The first-order valence-electron chi connectivity index (χ1n) is 5.16. The van der Waals surface area contributed by atoms with Crippen LogP contribution in [-0.4, -0.2) is 16.3 Å². The molecule has 0 amide bonds. The minimum Gasteiger partial charge on any atom is -0.396 e. The maximum atomic E-state index is 9.25. The molecule has 2 aromatic rings. The van der Waals surface area contributed by atoms with Crippen LogP contribution < -0.4 is 0 Å². The van der Waals surface area contributed by atoms with Crippen molar-refractivity contribution in [2.75, 3.05) is 6.61 Å². The van der Waals surface area contributed by atoms with E-state index in [1.807, 2.05) is 0 Å². The highest BCUT2D eigenvalue weighted by Gasteiger charge is 2.20. The van der Waals surface area contributed by atoms with Gasteiger partial charge < -0.3 is 9.67 Å². The van der Waals surface area contributed by atoms with Crippen molar-refractivity contribution in [2.24, 2.45) is 5.92 Å². The van der Waals surface area contributed by atoms with E-state index in [4.69, 9.17) is 0 Å². The van der Waals surface area contributed by atoms with Crippen molar-refractivity contribution in [1.82, 2.24) is 4.57 Å². The van der Waals surface area contributed by atoms with Crippen LogP contribution in [0.1, 0.15) is 5.56 Å². The number of hydrogen-bond acceptors (Lipinski definition) is 1. The normalized spacial score (nSPS) is 19.7. The van der Waals surface area contributed by atoms with Crippen LogP contribution >= 0.6 is 15.9 Å². The Kier molecular flexibility index (Phi) is 2.11. The molecular formula is C12H12BrNO. The van der Waals surface area contributed by atoms with Crippen LogP contribution in [0.3, 0.4) is 0 Å². The molecule has 2 nitrogen and oxygen atoms in total. The fraction of sp³-hybridized carbons (Fsp3) is 0.333. The molecular weight excluding hydrogens is 254 g/mol. The summed E-state index contributed by atoms with van der Waals surface area (Å²) in [6.07, 6.45) is 3.10. The van der Waals surface area contributed by atoms with E-state index in [2.05, 4.69) is 44.9 Å². The third-order valence-electron chi connectivity index (χ3n) is 3.13. The Hall–Kier alpha value is -0.800. The maximum absolute atomic E-state index is 9.25. The zero-order valence-corrected chi connectivity index (χ0v) is 9.87. The van der Waals surface area contributed by atoms with Gasteiger partial charge in [0, 0.05) is 35.1 Å². The van der Waals surface area contributed by atoms with E-state index in [0.717, 1.165) is 17.4 Å². The largest absolute Gasteiger partial charge is 0.396 e. The fourth-order valence-corrected chi connectivity index (χ4v) is 3.01. The van der Waals surface area contributed by atoms with E-state index in [1.165, 1.54) is 16.5 Å². The van der Waals surface area contributed by atoms with Gasteiger partial charge in [0.1, 0.15) is 0 Å². The summed E-state index contributed by atoms with van der Waals surface area (Å²) < 4.78 is 3.38. The Labute approximate surface area is 96.6 Å². The van der Waals surface area contributed by atoms with Gasteiger partial charge in [-0.05, 0) is 30.2 Å². The molecule has 3 rings (SSSR count). The molecule has 0 spiro atoms. The minimum atomic E-state index is 0.269. The van der Waals surface area contributed by atoms with Crippen LogP contribution in [-0.2, 0) is 13.0 Å². The number of aliphatic hydroxyl groups excluding tert-OH is 1. The second kappa shape index (κ2) is 3.35. The Morgan fingerprint density at radius 3 is 3.13 bits per heavy atom. The van der Waals surface area contributed by atoms with Gasteiger partial charge in [-0.2, -0.15) is 0 Å². The second-order valence-corrected chi connectivity index (χ2v) is 5.14. The first-order valence-corrected chi connectivity index (χ1v) is 5.95. The summed E-state index contributed by atoms with van der Waals surface area (Å²) in [6, 6.07) is 6.46. The number of rotatable bonds is 1. The van der Waals surface area contributed by atoms with E-state index in [0.29, 0.717) is 5.92 Å². The van der Waals surface area contributed by atoms with E-state index < -0.39 is 0 Å². The number of aliphatic hydroxyl groups is 1. The first kappa shape index (κ1) is 9.43. The van der Waals surface area contributed by atoms with Gasteiger partial charge >= 0.3 is 0 Å². The van der Waals surface area contributed by atoms with Gasteiger partial charge in [-0.15, -0.1) is 0 Å². The minimum absolute atomic E-state index is 0.269. The summed E-state index contributed by atoms with van der Waals surface area (Å²) in [5, 5.41) is 10.5. The lowest BCUT2D eigenvalue weighted by Gasteiger charge is -2.23. The van der Waals surface area contributed by atoms with Crippen LogP contribution in [0, 0.1) is 5.92 Å². The summed E-state index contributed by atoms with van der Waals surface area (Å²) in [5.41, 5.74) is 2.68. The molecule has 0 fully saturated rings. The summed E-state index contributed by atoms with van der Waals surface area (Å²) in [5.74, 6) is 0.363. The van der Waals surface area contributed by atoms with E-state index >= 15 is 0 Å². The molecule has 1 N–H and O–H groups in total. The molecule has 1 aliphatic rings. The van der Waals surface area contributed by atoms with E-state index in [9.17, 15) is 5.11 Å². The maximum Gasteiger partial charge on any atom is 0.0513 e. The number of benzene rings is 1. The zero-order valence-electron chi connectivity index (χ0n) is 8.28. The Morgan fingerprint density at radius 1 is 1.47 bits per heavy atom. The molecule has 0 saturated carbocycles. The molecule has 3 heteroatoms.